The quantitative estimate of drug-likeness (QED) is 0.162. The molecule has 7 heterocycles. The standard InChI is InChI=1S/C40H21BN2O2S/c1-4-16-29-20(9-1)27-19-26-21-12-7-13-24-32-22-10-2-5-17-30(22)45-40(32)43(34(21)24)41-28-15-8-14-25-35(28)42(37(33(26)41)38(27)44-29)36-23-11-3-6-18-31(23)46-39(25)36/h1-19,36,39H. The Labute approximate surface area is 266 Å². The molecule has 0 fully saturated rings. The molecular weight excluding hydrogens is 583 g/mol. The molecule has 0 bridgehead atoms. The number of fused-ring (bicyclic) bond motifs is 18. The van der Waals surface area contributed by atoms with E-state index >= 15 is 0 Å². The van der Waals surface area contributed by atoms with Gasteiger partial charge in [0.05, 0.1) is 22.4 Å². The van der Waals surface area contributed by atoms with Crippen molar-refractivity contribution < 1.29 is 8.83 Å². The van der Waals surface area contributed by atoms with E-state index in [9.17, 15) is 0 Å². The summed E-state index contributed by atoms with van der Waals surface area (Å²) in [6.45, 7) is -0.0525. The average Bonchev–Trinajstić information content (AvgIpc) is 3.89. The van der Waals surface area contributed by atoms with Gasteiger partial charge in [0, 0.05) is 43.2 Å². The third kappa shape index (κ3) is 2.39. The number of hydrogen-bond acceptors (Lipinski definition) is 4. The molecule has 0 N–H and O–H groups in total. The summed E-state index contributed by atoms with van der Waals surface area (Å²) in [5.74, 6) is 0. The predicted molar refractivity (Wildman–Crippen MR) is 189 cm³/mol. The zero-order chi connectivity index (χ0) is 29.4. The van der Waals surface area contributed by atoms with Crippen LogP contribution in [-0.2, 0) is 0 Å². The smallest absolute Gasteiger partial charge is 0.336 e. The molecule has 0 saturated heterocycles. The van der Waals surface area contributed by atoms with E-state index in [1.54, 1.807) is 0 Å². The Balaban J connectivity index is 1.27. The minimum atomic E-state index is -0.0525. The Kier molecular flexibility index (Phi) is 3.79. The van der Waals surface area contributed by atoms with Crippen LogP contribution < -0.4 is 15.8 Å². The molecule has 0 radical (unpaired) electrons. The highest BCUT2D eigenvalue weighted by Gasteiger charge is 2.54. The molecular formula is C40H21BN2O2S. The fourth-order valence-corrected chi connectivity index (χ4v) is 10.9. The first-order valence-electron chi connectivity index (χ1n) is 16.0. The number of aromatic nitrogens is 1. The fourth-order valence-electron chi connectivity index (χ4n) is 9.45. The summed E-state index contributed by atoms with van der Waals surface area (Å²) in [4.78, 5) is 4.04. The number of hydrogen-bond donors (Lipinski definition) is 0. The molecule has 6 aromatic carbocycles. The summed E-state index contributed by atoms with van der Waals surface area (Å²) in [5.41, 5.74) is 15.6. The number of anilines is 2. The van der Waals surface area contributed by atoms with Crippen LogP contribution in [0.2, 0.25) is 0 Å². The Bertz CT molecular complexity index is 2900. The number of para-hydroxylation sites is 4. The predicted octanol–water partition coefficient (Wildman–Crippen LogP) is 9.43. The van der Waals surface area contributed by atoms with E-state index in [2.05, 4.69) is 125 Å². The van der Waals surface area contributed by atoms with Crippen molar-refractivity contribution in [2.75, 3.05) is 4.90 Å². The summed E-state index contributed by atoms with van der Waals surface area (Å²) >= 11 is 2.01. The van der Waals surface area contributed by atoms with Crippen LogP contribution in [0.5, 0.6) is 0 Å². The van der Waals surface area contributed by atoms with Crippen LogP contribution in [0, 0.1) is 0 Å². The van der Waals surface area contributed by atoms with Crippen molar-refractivity contribution in [3.8, 4) is 11.1 Å². The third-order valence-corrected chi connectivity index (χ3v) is 12.5. The summed E-state index contributed by atoms with van der Waals surface area (Å²) in [5, 5.41) is 6.27. The van der Waals surface area contributed by atoms with Gasteiger partial charge in [0.2, 0.25) is 0 Å². The Hall–Kier alpha value is -5.33. The van der Waals surface area contributed by atoms with E-state index in [4.69, 9.17) is 8.83 Å². The van der Waals surface area contributed by atoms with Crippen molar-refractivity contribution in [1.29, 1.82) is 0 Å². The van der Waals surface area contributed by atoms with E-state index in [0.717, 1.165) is 27.8 Å². The first kappa shape index (κ1) is 23.1. The van der Waals surface area contributed by atoms with Crippen molar-refractivity contribution in [2.24, 2.45) is 0 Å². The summed E-state index contributed by atoms with van der Waals surface area (Å²) in [6, 6.07) is 42.4. The number of furan rings is 2. The average molecular weight is 604 g/mol. The zero-order valence-corrected chi connectivity index (χ0v) is 25.1. The van der Waals surface area contributed by atoms with Gasteiger partial charge in [-0.1, -0.05) is 91.0 Å². The van der Waals surface area contributed by atoms with E-state index in [-0.39, 0.29) is 12.9 Å². The summed E-state index contributed by atoms with van der Waals surface area (Å²) in [6.07, 6.45) is 0. The Morgan fingerprint density at radius 1 is 0.630 bits per heavy atom. The lowest BCUT2D eigenvalue weighted by Crippen LogP contribution is -2.57. The molecule has 0 amide bonds. The molecule has 4 aliphatic heterocycles. The van der Waals surface area contributed by atoms with Gasteiger partial charge in [-0.05, 0) is 51.9 Å². The number of nitrogens with zero attached hydrogens (tertiary/aromatic N) is 2. The highest BCUT2D eigenvalue weighted by molar-refractivity contribution is 8.00. The van der Waals surface area contributed by atoms with Gasteiger partial charge >= 0.3 is 6.85 Å². The molecule has 212 valence electrons. The van der Waals surface area contributed by atoms with E-state index < -0.39 is 0 Å². The van der Waals surface area contributed by atoms with Gasteiger partial charge in [-0.3, -0.25) is 0 Å². The van der Waals surface area contributed by atoms with Crippen LogP contribution in [0.4, 0.5) is 11.4 Å². The van der Waals surface area contributed by atoms with Gasteiger partial charge in [0.15, 0.2) is 11.3 Å². The molecule has 6 heteroatoms. The maximum atomic E-state index is 6.93. The van der Waals surface area contributed by atoms with Crippen molar-refractivity contribution in [2.45, 2.75) is 16.2 Å². The highest BCUT2D eigenvalue weighted by atomic mass is 32.2. The second kappa shape index (κ2) is 7.55. The molecule has 9 aromatic rings. The topological polar surface area (TPSA) is 34.5 Å². The number of benzene rings is 6. The number of thioether (sulfide) groups is 1. The van der Waals surface area contributed by atoms with Gasteiger partial charge in [-0.15, -0.1) is 11.8 Å². The minimum absolute atomic E-state index is 0.0525. The van der Waals surface area contributed by atoms with Crippen LogP contribution in [-0.4, -0.2) is 11.3 Å². The van der Waals surface area contributed by atoms with Gasteiger partial charge in [0.1, 0.15) is 11.2 Å². The first-order chi connectivity index (χ1) is 22.8. The summed E-state index contributed by atoms with van der Waals surface area (Å²) in [7, 11) is 0. The van der Waals surface area contributed by atoms with Crippen LogP contribution in [0.25, 0.3) is 66.0 Å². The Morgan fingerprint density at radius 3 is 2.33 bits per heavy atom. The van der Waals surface area contributed by atoms with E-state index in [1.807, 2.05) is 11.8 Å². The lowest BCUT2D eigenvalue weighted by molar-refractivity contribution is 0.650. The van der Waals surface area contributed by atoms with Gasteiger partial charge in [-0.2, -0.15) is 0 Å². The van der Waals surface area contributed by atoms with Gasteiger partial charge < -0.3 is 18.2 Å². The maximum absolute atomic E-state index is 6.93. The summed E-state index contributed by atoms with van der Waals surface area (Å²) < 4.78 is 16.3. The maximum Gasteiger partial charge on any atom is 0.336 e. The molecule has 2 unspecified atom stereocenters. The molecule has 13 rings (SSSR count). The van der Waals surface area contributed by atoms with Gasteiger partial charge in [-0.25, -0.2) is 0 Å². The van der Waals surface area contributed by atoms with Crippen LogP contribution in [0.15, 0.2) is 129 Å². The second-order valence-electron chi connectivity index (χ2n) is 13.1. The van der Waals surface area contributed by atoms with Crippen LogP contribution >= 0.6 is 11.8 Å². The van der Waals surface area contributed by atoms with Crippen LogP contribution in [0.3, 0.4) is 0 Å². The molecule has 4 nitrogen and oxygen atoms in total. The lowest BCUT2D eigenvalue weighted by atomic mass is 9.45. The van der Waals surface area contributed by atoms with Crippen molar-refractivity contribution in [3.63, 3.8) is 0 Å². The molecule has 46 heavy (non-hydrogen) atoms. The fraction of sp³-hybridized carbons (Fsp3) is 0.0500. The lowest BCUT2D eigenvalue weighted by Gasteiger charge is -2.40. The SMILES string of the molecule is c1ccc2c(c1)SC1c3cccc4c3N(c3c5c(cc6c3oc3ccccc36)-c3cccc6c7c8ccccc8oc7n(c36)B45)C21. The second-order valence-corrected chi connectivity index (χ2v) is 14.3. The number of rotatable bonds is 0. The molecule has 0 saturated carbocycles. The Morgan fingerprint density at radius 2 is 1.39 bits per heavy atom. The molecule has 0 spiro atoms. The first-order valence-corrected chi connectivity index (χ1v) is 16.8. The minimum Gasteiger partial charge on any atom is -0.454 e. The third-order valence-electron chi connectivity index (χ3n) is 11.1. The van der Waals surface area contributed by atoms with Crippen molar-refractivity contribution in [3.05, 3.63) is 126 Å². The monoisotopic (exact) mass is 604 g/mol. The largest absolute Gasteiger partial charge is 0.454 e. The van der Waals surface area contributed by atoms with E-state index in [1.165, 1.54) is 76.5 Å². The van der Waals surface area contributed by atoms with E-state index in [0.29, 0.717) is 5.25 Å². The van der Waals surface area contributed by atoms with Crippen LogP contribution in [0.1, 0.15) is 22.4 Å². The normalized spacial score (nSPS) is 18.3. The molecule has 4 aliphatic rings. The molecule has 2 atom stereocenters. The molecule has 3 aromatic heterocycles. The van der Waals surface area contributed by atoms with Crippen molar-refractivity contribution in [1.82, 2.24) is 4.48 Å². The molecule has 0 aliphatic carbocycles. The van der Waals surface area contributed by atoms with Crippen molar-refractivity contribution >= 4 is 95.8 Å². The zero-order valence-electron chi connectivity index (χ0n) is 24.3. The highest BCUT2D eigenvalue weighted by Crippen LogP contribution is 2.65. The van der Waals surface area contributed by atoms with Gasteiger partial charge in [0.25, 0.3) is 0 Å².